The van der Waals surface area contributed by atoms with Crippen LogP contribution in [0.1, 0.15) is 11.4 Å². The van der Waals surface area contributed by atoms with Gasteiger partial charge in [0.1, 0.15) is 18.2 Å². The summed E-state index contributed by atoms with van der Waals surface area (Å²) in [5.74, 6) is 1.79. The molecule has 0 spiro atoms. The molecule has 20 heavy (non-hydrogen) atoms. The van der Waals surface area contributed by atoms with Crippen molar-refractivity contribution in [1.29, 1.82) is 0 Å². The Morgan fingerprint density at radius 1 is 1.20 bits per heavy atom. The van der Waals surface area contributed by atoms with Crippen LogP contribution in [0.2, 0.25) is 0 Å². The van der Waals surface area contributed by atoms with E-state index in [4.69, 9.17) is 4.74 Å². The molecule has 0 unspecified atom stereocenters. The van der Waals surface area contributed by atoms with Crippen molar-refractivity contribution < 1.29 is 4.74 Å². The molecule has 0 aliphatic rings. The van der Waals surface area contributed by atoms with Gasteiger partial charge >= 0.3 is 0 Å². The van der Waals surface area contributed by atoms with Crippen molar-refractivity contribution in [2.24, 2.45) is 7.05 Å². The quantitative estimate of drug-likeness (QED) is 0.718. The van der Waals surface area contributed by atoms with Crippen LogP contribution in [-0.4, -0.2) is 9.55 Å². The molecule has 4 heteroatoms. The van der Waals surface area contributed by atoms with Crippen LogP contribution in [-0.2, 0) is 13.7 Å². The lowest BCUT2D eigenvalue weighted by Crippen LogP contribution is -2.03. The Labute approximate surface area is 126 Å². The summed E-state index contributed by atoms with van der Waals surface area (Å²) < 4.78 is 8.94. The standard InChI is InChI=1S/C16H15BrN2O/c1-11-4-3-5-13(8-11)20-10-16-18-14-7-6-12(17)9-15(14)19(16)2/h3-9H,10H2,1-2H3. The predicted molar refractivity (Wildman–Crippen MR) is 83.9 cm³/mol. The normalized spacial score (nSPS) is 10.9. The number of ether oxygens (including phenoxy) is 1. The molecule has 2 aromatic carbocycles. The van der Waals surface area contributed by atoms with E-state index >= 15 is 0 Å². The Bertz CT molecular complexity index is 764. The van der Waals surface area contributed by atoms with Crippen molar-refractivity contribution in [3.05, 3.63) is 58.3 Å². The average Bonchev–Trinajstić information content (AvgIpc) is 2.73. The molecule has 3 aromatic rings. The van der Waals surface area contributed by atoms with Crippen LogP contribution in [0, 0.1) is 6.92 Å². The molecule has 0 saturated heterocycles. The molecule has 3 nitrogen and oxygen atoms in total. The van der Waals surface area contributed by atoms with Gasteiger partial charge in [-0.25, -0.2) is 4.98 Å². The zero-order valence-electron chi connectivity index (χ0n) is 11.4. The number of halogens is 1. The third-order valence-electron chi connectivity index (χ3n) is 3.29. The molecule has 0 N–H and O–H groups in total. The number of aromatic nitrogens is 2. The Hall–Kier alpha value is -1.81. The minimum absolute atomic E-state index is 0.465. The van der Waals surface area contributed by atoms with E-state index in [-0.39, 0.29) is 0 Å². The number of hydrogen-bond acceptors (Lipinski definition) is 2. The highest BCUT2D eigenvalue weighted by Crippen LogP contribution is 2.21. The fraction of sp³-hybridized carbons (Fsp3) is 0.188. The van der Waals surface area contributed by atoms with Crippen molar-refractivity contribution in [3.63, 3.8) is 0 Å². The maximum absolute atomic E-state index is 5.82. The average molecular weight is 331 g/mol. The SMILES string of the molecule is Cc1cccc(OCc2nc3ccc(Br)cc3n2C)c1. The lowest BCUT2D eigenvalue weighted by molar-refractivity contribution is 0.292. The van der Waals surface area contributed by atoms with Crippen LogP contribution in [0.5, 0.6) is 5.75 Å². The predicted octanol–water partition coefficient (Wildman–Crippen LogP) is 4.22. The third kappa shape index (κ3) is 2.56. The van der Waals surface area contributed by atoms with Gasteiger partial charge < -0.3 is 9.30 Å². The number of benzene rings is 2. The molecule has 0 aliphatic carbocycles. The van der Waals surface area contributed by atoms with Gasteiger partial charge in [-0.1, -0.05) is 28.1 Å². The molecule has 0 amide bonds. The summed E-state index contributed by atoms with van der Waals surface area (Å²) >= 11 is 3.49. The van der Waals surface area contributed by atoms with E-state index in [0.717, 1.165) is 27.1 Å². The highest BCUT2D eigenvalue weighted by molar-refractivity contribution is 9.10. The summed E-state index contributed by atoms with van der Waals surface area (Å²) in [6.07, 6.45) is 0. The highest BCUT2D eigenvalue weighted by atomic mass is 79.9. The zero-order valence-corrected chi connectivity index (χ0v) is 13.0. The summed E-state index contributed by atoms with van der Waals surface area (Å²) in [5.41, 5.74) is 3.28. The van der Waals surface area contributed by atoms with Gasteiger partial charge in [-0.15, -0.1) is 0 Å². The van der Waals surface area contributed by atoms with Crippen molar-refractivity contribution in [2.45, 2.75) is 13.5 Å². The van der Waals surface area contributed by atoms with Crippen LogP contribution < -0.4 is 4.74 Å². The molecule has 0 aliphatic heterocycles. The molecule has 0 fully saturated rings. The van der Waals surface area contributed by atoms with Crippen LogP contribution in [0.4, 0.5) is 0 Å². The van der Waals surface area contributed by atoms with Crippen molar-refractivity contribution in [3.8, 4) is 5.75 Å². The maximum atomic E-state index is 5.82. The highest BCUT2D eigenvalue weighted by Gasteiger charge is 2.08. The minimum atomic E-state index is 0.465. The Balaban J connectivity index is 1.86. The first-order valence-electron chi connectivity index (χ1n) is 6.44. The molecule has 1 aromatic heterocycles. The van der Waals surface area contributed by atoms with Gasteiger partial charge in [-0.2, -0.15) is 0 Å². The van der Waals surface area contributed by atoms with Gasteiger partial charge in [0.05, 0.1) is 11.0 Å². The second-order valence-corrected chi connectivity index (χ2v) is 5.74. The van der Waals surface area contributed by atoms with Crippen LogP contribution in [0.15, 0.2) is 46.9 Å². The first-order valence-corrected chi connectivity index (χ1v) is 7.23. The molecule has 0 atom stereocenters. The van der Waals surface area contributed by atoms with E-state index in [2.05, 4.69) is 44.5 Å². The van der Waals surface area contributed by atoms with Gasteiger partial charge in [0.15, 0.2) is 0 Å². The largest absolute Gasteiger partial charge is 0.486 e. The van der Waals surface area contributed by atoms with Gasteiger partial charge in [0.25, 0.3) is 0 Å². The number of hydrogen-bond donors (Lipinski definition) is 0. The fourth-order valence-corrected chi connectivity index (χ4v) is 2.54. The van der Waals surface area contributed by atoms with Crippen molar-refractivity contribution in [1.82, 2.24) is 9.55 Å². The van der Waals surface area contributed by atoms with Crippen LogP contribution in [0.25, 0.3) is 11.0 Å². The second-order valence-electron chi connectivity index (χ2n) is 4.83. The lowest BCUT2D eigenvalue weighted by Gasteiger charge is -2.07. The van der Waals surface area contributed by atoms with E-state index in [1.807, 2.05) is 37.4 Å². The van der Waals surface area contributed by atoms with E-state index in [9.17, 15) is 0 Å². The number of fused-ring (bicyclic) bond motifs is 1. The minimum Gasteiger partial charge on any atom is -0.486 e. The zero-order chi connectivity index (χ0) is 14.1. The Morgan fingerprint density at radius 3 is 2.85 bits per heavy atom. The van der Waals surface area contributed by atoms with E-state index in [1.54, 1.807) is 0 Å². The van der Waals surface area contributed by atoms with E-state index in [1.165, 1.54) is 5.56 Å². The molecule has 1 heterocycles. The summed E-state index contributed by atoms with van der Waals surface area (Å²) in [4.78, 5) is 4.61. The lowest BCUT2D eigenvalue weighted by atomic mass is 10.2. The number of rotatable bonds is 3. The Kier molecular flexibility index (Phi) is 3.49. The molecular formula is C16H15BrN2O. The van der Waals surface area contributed by atoms with Gasteiger partial charge in [-0.3, -0.25) is 0 Å². The number of aryl methyl sites for hydroxylation is 2. The monoisotopic (exact) mass is 330 g/mol. The summed E-state index contributed by atoms with van der Waals surface area (Å²) in [6, 6.07) is 14.1. The number of nitrogens with zero attached hydrogens (tertiary/aromatic N) is 2. The van der Waals surface area contributed by atoms with E-state index < -0.39 is 0 Å². The summed E-state index contributed by atoms with van der Waals surface area (Å²) in [5, 5.41) is 0. The van der Waals surface area contributed by atoms with Gasteiger partial charge in [0.2, 0.25) is 0 Å². The van der Waals surface area contributed by atoms with Gasteiger partial charge in [0, 0.05) is 11.5 Å². The topological polar surface area (TPSA) is 27.1 Å². The van der Waals surface area contributed by atoms with Gasteiger partial charge in [-0.05, 0) is 42.8 Å². The Morgan fingerprint density at radius 2 is 2.05 bits per heavy atom. The molecular weight excluding hydrogens is 316 g/mol. The summed E-state index contributed by atoms with van der Waals surface area (Å²) in [6.45, 7) is 2.52. The second kappa shape index (κ2) is 5.29. The van der Waals surface area contributed by atoms with E-state index in [0.29, 0.717) is 6.61 Å². The molecule has 0 radical (unpaired) electrons. The molecule has 0 bridgehead atoms. The van der Waals surface area contributed by atoms with Crippen molar-refractivity contribution in [2.75, 3.05) is 0 Å². The van der Waals surface area contributed by atoms with Crippen LogP contribution in [0.3, 0.4) is 0 Å². The first kappa shape index (κ1) is 13.2. The maximum Gasteiger partial charge on any atom is 0.147 e. The third-order valence-corrected chi connectivity index (χ3v) is 3.79. The first-order chi connectivity index (χ1) is 9.63. The van der Waals surface area contributed by atoms with Crippen molar-refractivity contribution >= 4 is 27.0 Å². The fourth-order valence-electron chi connectivity index (χ4n) is 2.19. The molecule has 3 rings (SSSR count). The summed E-state index contributed by atoms with van der Waals surface area (Å²) in [7, 11) is 2.01. The molecule has 0 saturated carbocycles. The van der Waals surface area contributed by atoms with Crippen LogP contribution >= 0.6 is 15.9 Å². The number of imidazole rings is 1. The smallest absolute Gasteiger partial charge is 0.147 e. The molecule has 102 valence electrons.